The summed E-state index contributed by atoms with van der Waals surface area (Å²) in [4.78, 5) is 25.6. The van der Waals surface area contributed by atoms with Gasteiger partial charge in [0.15, 0.2) is 11.5 Å². The van der Waals surface area contributed by atoms with Gasteiger partial charge in [0, 0.05) is 17.7 Å². The number of nitrogens with one attached hydrogen (secondary N) is 1. The van der Waals surface area contributed by atoms with Crippen LogP contribution >= 0.6 is 0 Å². The van der Waals surface area contributed by atoms with Crippen LogP contribution < -0.4 is 15.0 Å². The minimum atomic E-state index is -0.666. The molecule has 2 amide bonds. The highest BCUT2D eigenvalue weighted by atomic mass is 16.5. The van der Waals surface area contributed by atoms with E-state index in [1.165, 1.54) is 18.3 Å². The van der Waals surface area contributed by atoms with Crippen LogP contribution in [0.3, 0.4) is 0 Å². The fourth-order valence-electron chi connectivity index (χ4n) is 2.60. The largest absolute Gasteiger partial charge is 0.493 e. The number of benzene rings is 1. The fraction of sp³-hybridized carbons (Fsp3) is 0.294. The van der Waals surface area contributed by atoms with E-state index >= 15 is 0 Å². The zero-order chi connectivity index (χ0) is 17.7. The van der Waals surface area contributed by atoms with Crippen molar-refractivity contribution >= 4 is 11.8 Å². The van der Waals surface area contributed by atoms with Gasteiger partial charge in [-0.25, -0.2) is 5.48 Å². The molecule has 0 radical (unpaired) electrons. The summed E-state index contributed by atoms with van der Waals surface area (Å²) in [6.45, 7) is 7.68. The van der Waals surface area contributed by atoms with Crippen LogP contribution in [0, 0.1) is 0 Å². The molecule has 1 aromatic carbocycles. The first-order chi connectivity index (χ1) is 11.6. The number of carbonyl (C=O) groups is 2. The molecule has 1 aliphatic rings. The van der Waals surface area contributed by atoms with Crippen molar-refractivity contribution in [2.24, 2.45) is 0 Å². The van der Waals surface area contributed by atoms with Gasteiger partial charge in [-0.05, 0) is 25.0 Å². The number of carbonyl (C=O) groups excluding carboxylic acids is 2. The van der Waals surface area contributed by atoms with Crippen molar-refractivity contribution in [3.63, 3.8) is 0 Å². The maximum atomic E-state index is 12.7. The molecule has 1 atom stereocenters. The molecule has 0 aromatic heterocycles. The molecule has 0 unspecified atom stereocenters. The third-order valence-corrected chi connectivity index (χ3v) is 3.86. The summed E-state index contributed by atoms with van der Waals surface area (Å²) in [5.74, 6) is -0.0541. The van der Waals surface area contributed by atoms with Gasteiger partial charge in [0.25, 0.3) is 11.8 Å². The van der Waals surface area contributed by atoms with Gasteiger partial charge in [0.2, 0.25) is 0 Å². The molecule has 2 N–H and O–H groups in total. The first-order valence-electron chi connectivity index (χ1n) is 7.41. The molecule has 7 heteroatoms. The van der Waals surface area contributed by atoms with Crippen molar-refractivity contribution < 1.29 is 24.3 Å². The van der Waals surface area contributed by atoms with Crippen molar-refractivity contribution in [2.75, 3.05) is 13.7 Å². The summed E-state index contributed by atoms with van der Waals surface area (Å²) in [6.07, 6.45) is 3.95. The Morgan fingerprint density at radius 1 is 1.46 bits per heavy atom. The average molecular weight is 332 g/mol. The number of nitrogens with zero attached hydrogens (tertiary/aromatic N) is 1. The maximum absolute atomic E-state index is 12.7. The number of amides is 2. The average Bonchev–Trinajstić information content (AvgIpc) is 2.55. The van der Waals surface area contributed by atoms with Crippen molar-refractivity contribution in [3.05, 3.63) is 48.8 Å². The Balaban J connectivity index is 2.37. The van der Waals surface area contributed by atoms with Gasteiger partial charge in [-0.3, -0.25) is 14.8 Å². The number of hydroxylamine groups is 1. The minimum absolute atomic E-state index is 0.316. The number of rotatable bonds is 7. The molecule has 1 fully saturated rings. The first kappa shape index (κ1) is 17.6. The number of hydrogen-bond donors (Lipinski definition) is 2. The summed E-state index contributed by atoms with van der Waals surface area (Å²) in [7, 11) is 1.48. The zero-order valence-electron chi connectivity index (χ0n) is 13.4. The van der Waals surface area contributed by atoms with E-state index < -0.39 is 11.9 Å². The van der Waals surface area contributed by atoms with Gasteiger partial charge >= 0.3 is 0 Å². The molecule has 0 bridgehead atoms. The summed E-state index contributed by atoms with van der Waals surface area (Å²) in [5.41, 5.74) is 2.67. The van der Waals surface area contributed by atoms with E-state index in [1.807, 2.05) is 0 Å². The summed E-state index contributed by atoms with van der Waals surface area (Å²) >= 11 is 0. The van der Waals surface area contributed by atoms with E-state index in [9.17, 15) is 9.59 Å². The predicted octanol–water partition coefficient (Wildman–Crippen LogP) is 1.67. The molecule has 1 aromatic rings. The second kappa shape index (κ2) is 7.65. The fourth-order valence-corrected chi connectivity index (χ4v) is 2.60. The molecule has 7 nitrogen and oxygen atoms in total. The third-order valence-electron chi connectivity index (χ3n) is 3.86. The molecule has 1 aliphatic heterocycles. The van der Waals surface area contributed by atoms with Crippen LogP contribution in [0.2, 0.25) is 0 Å². The van der Waals surface area contributed by atoms with E-state index in [0.29, 0.717) is 36.4 Å². The Bertz CT molecular complexity index is 671. The summed E-state index contributed by atoms with van der Waals surface area (Å²) in [5, 5.41) is 8.74. The second-order valence-electron chi connectivity index (χ2n) is 5.22. The molecule has 128 valence electrons. The molecular formula is C17H20N2O5. The Morgan fingerprint density at radius 2 is 2.21 bits per heavy atom. The smallest absolute Gasteiger partial charge is 0.266 e. The molecule has 2 rings (SSSR count). The predicted molar refractivity (Wildman–Crippen MR) is 87.1 cm³/mol. The van der Waals surface area contributed by atoms with Crippen LogP contribution in [0.25, 0.3) is 0 Å². The SMILES string of the molecule is C=CCc1cc(C(=O)N2CC[C@@H]2C(=O)NO)cc(OC)c1OC=C. The lowest BCUT2D eigenvalue weighted by Crippen LogP contribution is -2.57. The summed E-state index contributed by atoms with van der Waals surface area (Å²) < 4.78 is 10.7. The number of hydrogen-bond acceptors (Lipinski definition) is 5. The molecule has 0 aliphatic carbocycles. The van der Waals surface area contributed by atoms with Crippen molar-refractivity contribution in [1.82, 2.24) is 10.4 Å². The number of methoxy groups -OCH3 is 1. The third kappa shape index (κ3) is 3.26. The van der Waals surface area contributed by atoms with E-state index in [-0.39, 0.29) is 5.91 Å². The highest BCUT2D eigenvalue weighted by Gasteiger charge is 2.38. The Hall–Kier alpha value is -2.80. The van der Waals surface area contributed by atoms with Crippen LogP contribution in [-0.2, 0) is 11.2 Å². The molecule has 1 heterocycles. The molecule has 0 saturated carbocycles. The standard InChI is InChI=1S/C17H20N2O5/c1-4-6-11-9-12(10-14(23-3)15(11)24-5-2)17(21)19-8-7-13(19)16(20)18-22/h4-5,9-10,13,22H,1-2,6-8H2,3H3,(H,18,20)/t13-/m1/s1. The van der Waals surface area contributed by atoms with Gasteiger partial charge < -0.3 is 14.4 Å². The lowest BCUT2D eigenvalue weighted by molar-refractivity contribution is -0.137. The lowest BCUT2D eigenvalue weighted by Gasteiger charge is -2.39. The van der Waals surface area contributed by atoms with Crippen LogP contribution in [0.1, 0.15) is 22.3 Å². The highest BCUT2D eigenvalue weighted by molar-refractivity contribution is 5.99. The molecular weight excluding hydrogens is 312 g/mol. The monoisotopic (exact) mass is 332 g/mol. The van der Waals surface area contributed by atoms with Gasteiger partial charge in [-0.1, -0.05) is 12.7 Å². The Kier molecular flexibility index (Phi) is 5.59. The maximum Gasteiger partial charge on any atom is 0.266 e. The van der Waals surface area contributed by atoms with E-state index in [2.05, 4.69) is 13.2 Å². The van der Waals surface area contributed by atoms with Crippen LogP contribution in [0.15, 0.2) is 37.6 Å². The lowest BCUT2D eigenvalue weighted by atomic mass is 9.98. The minimum Gasteiger partial charge on any atom is -0.493 e. The van der Waals surface area contributed by atoms with Gasteiger partial charge in [-0.2, -0.15) is 0 Å². The Morgan fingerprint density at radius 3 is 2.71 bits per heavy atom. The van der Waals surface area contributed by atoms with Gasteiger partial charge in [0.1, 0.15) is 6.04 Å². The van der Waals surface area contributed by atoms with Crippen LogP contribution in [-0.4, -0.2) is 41.6 Å². The summed E-state index contributed by atoms with van der Waals surface area (Å²) in [6, 6.07) is 2.57. The normalized spacial score (nSPS) is 15.9. The van der Waals surface area contributed by atoms with Gasteiger partial charge in [0.05, 0.1) is 13.4 Å². The number of ether oxygens (including phenoxy) is 2. The second-order valence-corrected chi connectivity index (χ2v) is 5.22. The van der Waals surface area contributed by atoms with Gasteiger partial charge in [-0.15, -0.1) is 6.58 Å². The molecule has 1 saturated heterocycles. The number of allylic oxidation sites excluding steroid dienone is 1. The van der Waals surface area contributed by atoms with Crippen molar-refractivity contribution in [2.45, 2.75) is 18.9 Å². The van der Waals surface area contributed by atoms with E-state index in [1.54, 1.807) is 23.7 Å². The topological polar surface area (TPSA) is 88.1 Å². The number of likely N-dealkylation sites (tertiary alicyclic amines) is 1. The first-order valence-corrected chi connectivity index (χ1v) is 7.41. The van der Waals surface area contributed by atoms with Crippen LogP contribution in [0.4, 0.5) is 0 Å². The van der Waals surface area contributed by atoms with Crippen LogP contribution in [0.5, 0.6) is 11.5 Å². The van der Waals surface area contributed by atoms with Crippen molar-refractivity contribution in [1.29, 1.82) is 0 Å². The zero-order valence-corrected chi connectivity index (χ0v) is 13.4. The van der Waals surface area contributed by atoms with E-state index in [0.717, 1.165) is 5.56 Å². The Labute approximate surface area is 140 Å². The highest BCUT2D eigenvalue weighted by Crippen LogP contribution is 2.35. The molecule has 24 heavy (non-hydrogen) atoms. The van der Waals surface area contributed by atoms with Crippen molar-refractivity contribution in [3.8, 4) is 11.5 Å². The molecule has 0 spiro atoms. The quantitative estimate of drug-likeness (QED) is 0.343. The van der Waals surface area contributed by atoms with E-state index in [4.69, 9.17) is 14.7 Å².